The second-order valence-corrected chi connectivity index (χ2v) is 4.03. The van der Waals surface area contributed by atoms with Crippen LogP contribution in [0.4, 0.5) is 17.3 Å². The molecule has 0 bridgehead atoms. The van der Waals surface area contributed by atoms with Gasteiger partial charge in [-0.25, -0.2) is 4.98 Å². The SMILES string of the molecule is CCC(CCO)CNc1ccc([N+](=O)[O-])c(N)n1. The molecule has 4 N–H and O–H groups in total. The summed E-state index contributed by atoms with van der Waals surface area (Å²) in [5.74, 6) is 0.753. The maximum Gasteiger partial charge on any atom is 0.311 e. The van der Waals surface area contributed by atoms with Gasteiger partial charge in [0.1, 0.15) is 5.82 Å². The number of rotatable bonds is 7. The number of pyridine rings is 1. The highest BCUT2D eigenvalue weighted by Gasteiger charge is 2.13. The van der Waals surface area contributed by atoms with E-state index < -0.39 is 4.92 Å². The molecule has 1 heterocycles. The fourth-order valence-corrected chi connectivity index (χ4v) is 1.60. The van der Waals surface area contributed by atoms with Gasteiger partial charge in [0.25, 0.3) is 0 Å². The van der Waals surface area contributed by atoms with Gasteiger partial charge in [0, 0.05) is 19.2 Å². The Bertz CT molecular complexity index is 411. The van der Waals surface area contributed by atoms with Crippen molar-refractivity contribution in [3.63, 3.8) is 0 Å². The predicted molar refractivity (Wildman–Crippen MR) is 69.3 cm³/mol. The molecule has 1 atom stereocenters. The fraction of sp³-hybridized carbons (Fsp3) is 0.545. The highest BCUT2D eigenvalue weighted by atomic mass is 16.6. The summed E-state index contributed by atoms with van der Waals surface area (Å²) in [5, 5.41) is 22.5. The van der Waals surface area contributed by atoms with Crippen LogP contribution in [-0.4, -0.2) is 28.2 Å². The third-order valence-electron chi connectivity index (χ3n) is 2.79. The number of nitro groups is 1. The van der Waals surface area contributed by atoms with E-state index in [-0.39, 0.29) is 18.1 Å². The smallest absolute Gasteiger partial charge is 0.311 e. The van der Waals surface area contributed by atoms with Crippen molar-refractivity contribution in [2.24, 2.45) is 5.92 Å². The molecule has 0 fully saturated rings. The number of aliphatic hydroxyl groups excluding tert-OH is 1. The van der Waals surface area contributed by atoms with Crippen molar-refractivity contribution in [3.05, 3.63) is 22.2 Å². The molecular formula is C11H18N4O3. The Morgan fingerprint density at radius 1 is 1.61 bits per heavy atom. The molecule has 0 aliphatic carbocycles. The molecule has 1 unspecified atom stereocenters. The van der Waals surface area contributed by atoms with Crippen LogP contribution >= 0.6 is 0 Å². The topological polar surface area (TPSA) is 114 Å². The number of anilines is 2. The van der Waals surface area contributed by atoms with E-state index in [1.165, 1.54) is 12.1 Å². The van der Waals surface area contributed by atoms with Crippen LogP contribution in [0.3, 0.4) is 0 Å². The molecule has 0 aromatic carbocycles. The van der Waals surface area contributed by atoms with E-state index in [4.69, 9.17) is 10.8 Å². The Morgan fingerprint density at radius 2 is 2.33 bits per heavy atom. The zero-order chi connectivity index (χ0) is 13.5. The van der Waals surface area contributed by atoms with Gasteiger partial charge in [-0.15, -0.1) is 0 Å². The lowest BCUT2D eigenvalue weighted by Gasteiger charge is -2.14. The van der Waals surface area contributed by atoms with Gasteiger partial charge < -0.3 is 16.2 Å². The van der Waals surface area contributed by atoms with Crippen molar-refractivity contribution in [1.29, 1.82) is 0 Å². The van der Waals surface area contributed by atoms with Gasteiger partial charge in [0.15, 0.2) is 0 Å². The second kappa shape index (κ2) is 6.75. The minimum absolute atomic E-state index is 0.0970. The number of aromatic nitrogens is 1. The van der Waals surface area contributed by atoms with Crippen LogP contribution in [0.15, 0.2) is 12.1 Å². The standard InChI is InChI=1S/C11H18N4O3/c1-2-8(5-6-16)7-13-10-4-3-9(15(17)18)11(12)14-10/h3-4,8,16H,2,5-7H2,1H3,(H3,12,13,14). The Hall–Kier alpha value is -1.89. The van der Waals surface area contributed by atoms with Crippen molar-refractivity contribution < 1.29 is 10.0 Å². The molecule has 7 heteroatoms. The molecule has 1 rings (SSSR count). The number of nitrogens with zero attached hydrogens (tertiary/aromatic N) is 2. The first-order chi connectivity index (χ1) is 8.58. The number of nitrogen functional groups attached to an aromatic ring is 1. The number of hydrogen-bond acceptors (Lipinski definition) is 6. The van der Waals surface area contributed by atoms with Gasteiger partial charge in [-0.2, -0.15) is 0 Å². The largest absolute Gasteiger partial charge is 0.396 e. The molecule has 1 aromatic heterocycles. The average molecular weight is 254 g/mol. The third-order valence-corrected chi connectivity index (χ3v) is 2.79. The minimum Gasteiger partial charge on any atom is -0.396 e. The zero-order valence-electron chi connectivity index (χ0n) is 10.3. The number of nitrogens with one attached hydrogen (secondary N) is 1. The lowest BCUT2D eigenvalue weighted by atomic mass is 10.0. The Balaban J connectivity index is 2.63. The predicted octanol–water partition coefficient (Wildman–Crippen LogP) is 1.39. The first kappa shape index (κ1) is 14.2. The molecule has 0 aliphatic heterocycles. The van der Waals surface area contributed by atoms with Crippen LogP contribution < -0.4 is 11.1 Å². The summed E-state index contributed by atoms with van der Waals surface area (Å²) in [6.45, 7) is 2.84. The van der Waals surface area contributed by atoms with Crippen molar-refractivity contribution in [1.82, 2.24) is 4.98 Å². The number of hydrogen-bond donors (Lipinski definition) is 3. The van der Waals surface area contributed by atoms with Gasteiger partial charge in [0.2, 0.25) is 5.82 Å². The van der Waals surface area contributed by atoms with Gasteiger partial charge in [-0.1, -0.05) is 13.3 Å². The normalized spacial score (nSPS) is 12.1. The summed E-state index contributed by atoms with van der Waals surface area (Å²) in [4.78, 5) is 13.9. The second-order valence-electron chi connectivity index (χ2n) is 4.03. The highest BCUT2D eigenvalue weighted by molar-refractivity contribution is 5.57. The highest BCUT2D eigenvalue weighted by Crippen LogP contribution is 2.21. The van der Waals surface area contributed by atoms with Crippen LogP contribution in [-0.2, 0) is 0 Å². The van der Waals surface area contributed by atoms with E-state index in [1.54, 1.807) is 0 Å². The first-order valence-corrected chi connectivity index (χ1v) is 5.84. The van der Waals surface area contributed by atoms with Crippen molar-refractivity contribution in [2.75, 3.05) is 24.2 Å². The summed E-state index contributed by atoms with van der Waals surface area (Å²) >= 11 is 0. The van der Waals surface area contributed by atoms with Gasteiger partial charge >= 0.3 is 5.69 Å². The van der Waals surface area contributed by atoms with E-state index in [1.807, 2.05) is 6.92 Å². The van der Waals surface area contributed by atoms with Crippen LogP contribution in [0.2, 0.25) is 0 Å². The van der Waals surface area contributed by atoms with Crippen molar-refractivity contribution >= 4 is 17.3 Å². The van der Waals surface area contributed by atoms with Gasteiger partial charge in [-0.3, -0.25) is 10.1 Å². The first-order valence-electron chi connectivity index (χ1n) is 5.84. The summed E-state index contributed by atoms with van der Waals surface area (Å²) in [7, 11) is 0. The third kappa shape index (κ3) is 3.85. The molecule has 1 aromatic rings. The van der Waals surface area contributed by atoms with E-state index in [2.05, 4.69) is 10.3 Å². The summed E-state index contributed by atoms with van der Waals surface area (Å²) in [6.07, 6.45) is 1.65. The fourth-order valence-electron chi connectivity index (χ4n) is 1.60. The Labute approximate surface area is 105 Å². The van der Waals surface area contributed by atoms with E-state index in [0.29, 0.717) is 24.7 Å². The molecule has 0 radical (unpaired) electrons. The van der Waals surface area contributed by atoms with Gasteiger partial charge in [-0.05, 0) is 18.4 Å². The van der Waals surface area contributed by atoms with Crippen LogP contribution in [0.5, 0.6) is 0 Å². The summed E-state index contributed by atoms with van der Waals surface area (Å²) in [5.41, 5.74) is 5.30. The zero-order valence-corrected chi connectivity index (χ0v) is 10.3. The molecule has 0 saturated carbocycles. The maximum atomic E-state index is 10.6. The summed E-state index contributed by atoms with van der Waals surface area (Å²) < 4.78 is 0. The van der Waals surface area contributed by atoms with Gasteiger partial charge in [0.05, 0.1) is 4.92 Å². The average Bonchev–Trinajstić information content (AvgIpc) is 2.34. The Morgan fingerprint density at radius 3 is 2.83 bits per heavy atom. The minimum atomic E-state index is -0.563. The molecule has 7 nitrogen and oxygen atoms in total. The van der Waals surface area contributed by atoms with E-state index in [0.717, 1.165) is 6.42 Å². The van der Waals surface area contributed by atoms with Crippen molar-refractivity contribution in [2.45, 2.75) is 19.8 Å². The monoisotopic (exact) mass is 254 g/mol. The molecule has 0 spiro atoms. The quantitative estimate of drug-likeness (QED) is 0.500. The van der Waals surface area contributed by atoms with Crippen LogP contribution in [0.25, 0.3) is 0 Å². The van der Waals surface area contributed by atoms with Crippen LogP contribution in [0.1, 0.15) is 19.8 Å². The molecule has 0 saturated heterocycles. The van der Waals surface area contributed by atoms with E-state index in [9.17, 15) is 10.1 Å². The summed E-state index contributed by atoms with van der Waals surface area (Å²) in [6, 6.07) is 2.86. The van der Waals surface area contributed by atoms with E-state index >= 15 is 0 Å². The molecule has 100 valence electrons. The lowest BCUT2D eigenvalue weighted by Crippen LogP contribution is -2.16. The molecule has 0 aliphatic rings. The lowest BCUT2D eigenvalue weighted by molar-refractivity contribution is -0.384. The number of nitrogens with two attached hydrogens (primary N) is 1. The van der Waals surface area contributed by atoms with Crippen LogP contribution in [0, 0.1) is 16.0 Å². The Kier molecular flexibility index (Phi) is 5.31. The maximum absolute atomic E-state index is 10.6. The molecule has 0 amide bonds. The number of aliphatic hydroxyl groups is 1. The molecule has 18 heavy (non-hydrogen) atoms. The van der Waals surface area contributed by atoms with Crippen molar-refractivity contribution in [3.8, 4) is 0 Å². The molecular weight excluding hydrogens is 236 g/mol.